The molecule has 8 heteroatoms. The minimum Gasteiger partial charge on any atom is -0.379 e. The van der Waals surface area contributed by atoms with E-state index in [0.717, 1.165) is 5.56 Å². The summed E-state index contributed by atoms with van der Waals surface area (Å²) >= 11 is 0. The summed E-state index contributed by atoms with van der Waals surface area (Å²) in [6.07, 6.45) is 4.35. The second-order valence-corrected chi connectivity index (χ2v) is 10.2. The number of hydrogen-bond donors (Lipinski definition) is 1. The minimum absolute atomic E-state index is 0.0394. The molecule has 30 heavy (non-hydrogen) atoms. The molecule has 0 saturated heterocycles. The molecule has 1 aromatic carbocycles. The number of methoxy groups -OCH3 is 1. The first-order chi connectivity index (χ1) is 14.3. The van der Waals surface area contributed by atoms with Gasteiger partial charge in [0.25, 0.3) is 0 Å². The predicted molar refractivity (Wildman–Crippen MR) is 113 cm³/mol. The summed E-state index contributed by atoms with van der Waals surface area (Å²) in [6.45, 7) is 4.18. The molecule has 2 heterocycles. The van der Waals surface area contributed by atoms with Gasteiger partial charge in [0.15, 0.2) is 0 Å². The number of aryl methyl sites for hydroxylation is 1. The van der Waals surface area contributed by atoms with Gasteiger partial charge in [-0.3, -0.25) is 0 Å². The number of aromatic nitrogens is 1. The molecule has 2 unspecified atom stereocenters. The normalized spacial score (nSPS) is 19.2. The van der Waals surface area contributed by atoms with Crippen molar-refractivity contribution in [3.8, 4) is 0 Å². The third-order valence-corrected chi connectivity index (χ3v) is 8.06. The number of nitrogens with one attached hydrogen (secondary N) is 1. The summed E-state index contributed by atoms with van der Waals surface area (Å²) in [7, 11) is -2.05. The van der Waals surface area contributed by atoms with Crippen molar-refractivity contribution in [2.24, 2.45) is 5.92 Å². The largest absolute Gasteiger partial charge is 0.379 e. The number of nitrogens with zero attached hydrogens (tertiary/aromatic N) is 2. The molecule has 1 fully saturated rings. The maximum atomic E-state index is 14.2. The smallest absolute Gasteiger partial charge is 0.245 e. The Morgan fingerprint density at radius 2 is 2.10 bits per heavy atom. The van der Waals surface area contributed by atoms with Crippen LogP contribution in [-0.4, -0.2) is 43.5 Å². The zero-order valence-corrected chi connectivity index (χ0v) is 18.4. The maximum Gasteiger partial charge on any atom is 0.245 e. The lowest BCUT2D eigenvalue weighted by Crippen LogP contribution is -2.37. The van der Waals surface area contributed by atoms with Gasteiger partial charge in [-0.25, -0.2) is 17.8 Å². The number of pyridine rings is 1. The van der Waals surface area contributed by atoms with E-state index >= 15 is 0 Å². The van der Waals surface area contributed by atoms with Gasteiger partial charge in [-0.05, 0) is 62.3 Å². The molecule has 0 bridgehead atoms. The Hall–Kier alpha value is -2.03. The van der Waals surface area contributed by atoms with Crippen LogP contribution in [-0.2, 0) is 27.7 Å². The van der Waals surface area contributed by atoms with E-state index in [1.165, 1.54) is 29.4 Å². The molecule has 162 valence electrons. The molecule has 2 aromatic rings. The van der Waals surface area contributed by atoms with Crippen molar-refractivity contribution in [3.05, 3.63) is 53.0 Å². The fraction of sp³-hybridized carbons (Fsp3) is 0.500. The average Bonchev–Trinajstić information content (AvgIpc) is 3.53. The highest BCUT2D eigenvalue weighted by molar-refractivity contribution is 7.89. The van der Waals surface area contributed by atoms with Gasteiger partial charge >= 0.3 is 0 Å². The minimum atomic E-state index is -3.77. The van der Waals surface area contributed by atoms with E-state index in [1.54, 1.807) is 26.2 Å². The fourth-order valence-electron chi connectivity index (χ4n) is 4.30. The first-order valence-corrected chi connectivity index (χ1v) is 11.8. The number of rotatable bonds is 7. The average molecular weight is 434 g/mol. The van der Waals surface area contributed by atoms with E-state index in [-0.39, 0.29) is 29.4 Å². The summed E-state index contributed by atoms with van der Waals surface area (Å²) in [4.78, 5) is 4.51. The Morgan fingerprint density at radius 3 is 2.77 bits per heavy atom. The molecule has 0 spiro atoms. The van der Waals surface area contributed by atoms with Gasteiger partial charge in [0.2, 0.25) is 10.0 Å². The molecule has 0 radical (unpaired) electrons. The number of fused-ring (bicyclic) bond motifs is 1. The Morgan fingerprint density at radius 1 is 1.33 bits per heavy atom. The number of halogens is 1. The van der Waals surface area contributed by atoms with Gasteiger partial charge in [0.05, 0.1) is 12.1 Å². The van der Waals surface area contributed by atoms with Gasteiger partial charge in [0.1, 0.15) is 16.5 Å². The first-order valence-electron chi connectivity index (χ1n) is 10.3. The van der Waals surface area contributed by atoms with Crippen LogP contribution in [0, 0.1) is 18.7 Å². The molecular weight excluding hydrogens is 405 g/mol. The number of benzene rings is 1. The van der Waals surface area contributed by atoms with Gasteiger partial charge in [-0.1, -0.05) is 12.1 Å². The quantitative estimate of drug-likeness (QED) is 0.724. The van der Waals surface area contributed by atoms with Crippen molar-refractivity contribution in [2.75, 3.05) is 19.0 Å². The van der Waals surface area contributed by atoms with Crippen LogP contribution in [0.5, 0.6) is 0 Å². The van der Waals surface area contributed by atoms with E-state index in [2.05, 4.69) is 10.3 Å². The van der Waals surface area contributed by atoms with Gasteiger partial charge in [-0.15, -0.1) is 0 Å². The van der Waals surface area contributed by atoms with E-state index in [4.69, 9.17) is 4.74 Å². The molecule has 1 aliphatic carbocycles. The third-order valence-electron chi connectivity index (χ3n) is 6.09. The second-order valence-electron chi connectivity index (χ2n) is 8.27. The zero-order valence-electron chi connectivity index (χ0n) is 17.6. The third kappa shape index (κ3) is 4.08. The molecule has 2 aliphatic rings. The van der Waals surface area contributed by atoms with Gasteiger partial charge in [0, 0.05) is 32.0 Å². The van der Waals surface area contributed by atoms with Crippen LogP contribution in [0.3, 0.4) is 0 Å². The van der Waals surface area contributed by atoms with E-state index in [9.17, 15) is 12.8 Å². The van der Waals surface area contributed by atoms with Crippen LogP contribution in [0.2, 0.25) is 0 Å². The Bertz CT molecular complexity index is 1040. The molecule has 2 atom stereocenters. The number of ether oxygens (including phenoxy) is 1. The van der Waals surface area contributed by atoms with Crippen molar-refractivity contribution < 1.29 is 17.5 Å². The van der Waals surface area contributed by atoms with Crippen LogP contribution < -0.4 is 5.32 Å². The number of anilines is 1. The SMILES string of the molecule is COC(C1CC1)C(C)Nc1cc(C)c(S(=O)(=O)N2CCc3cccc(F)c3C2)cn1. The monoisotopic (exact) mass is 433 g/mol. The molecule has 1 aliphatic heterocycles. The van der Waals surface area contributed by atoms with Crippen LogP contribution in [0.4, 0.5) is 10.2 Å². The predicted octanol–water partition coefficient (Wildman–Crippen LogP) is 3.50. The molecule has 1 saturated carbocycles. The van der Waals surface area contributed by atoms with Gasteiger partial charge in [-0.2, -0.15) is 4.31 Å². The molecular formula is C22H28FN3O3S. The van der Waals surface area contributed by atoms with Crippen molar-refractivity contribution in [2.45, 2.75) is 56.7 Å². The Labute approximate surface area is 177 Å². The van der Waals surface area contributed by atoms with Crippen LogP contribution >= 0.6 is 0 Å². The van der Waals surface area contributed by atoms with Gasteiger partial charge < -0.3 is 10.1 Å². The lowest BCUT2D eigenvalue weighted by molar-refractivity contribution is 0.0725. The standard InChI is InChI=1S/C22H28FN3O3S/c1-14-11-21(25-15(2)22(29-3)17-7-8-17)24-12-20(14)30(27,28)26-10-9-16-5-4-6-19(23)18(16)13-26/h4-6,11-12,15,17,22H,7-10,13H2,1-3H3,(H,24,25). The summed E-state index contributed by atoms with van der Waals surface area (Å²) in [5.41, 5.74) is 1.93. The van der Waals surface area contributed by atoms with Crippen molar-refractivity contribution in [3.63, 3.8) is 0 Å². The summed E-state index contributed by atoms with van der Waals surface area (Å²) in [5, 5.41) is 3.34. The van der Waals surface area contributed by atoms with Crippen LogP contribution in [0.1, 0.15) is 36.5 Å². The lowest BCUT2D eigenvalue weighted by Gasteiger charge is -2.29. The zero-order chi connectivity index (χ0) is 21.5. The summed E-state index contributed by atoms with van der Waals surface area (Å²) < 4.78 is 47.6. The summed E-state index contributed by atoms with van der Waals surface area (Å²) in [6, 6.07) is 6.71. The highest BCUT2D eigenvalue weighted by Crippen LogP contribution is 2.36. The highest BCUT2D eigenvalue weighted by Gasteiger charge is 2.35. The second kappa shape index (κ2) is 8.24. The topological polar surface area (TPSA) is 71.5 Å². The van der Waals surface area contributed by atoms with Crippen molar-refractivity contribution >= 4 is 15.8 Å². The van der Waals surface area contributed by atoms with E-state index in [0.29, 0.717) is 35.8 Å². The molecule has 0 amide bonds. The number of hydrogen-bond acceptors (Lipinski definition) is 5. The van der Waals surface area contributed by atoms with E-state index < -0.39 is 10.0 Å². The highest BCUT2D eigenvalue weighted by atomic mass is 32.2. The van der Waals surface area contributed by atoms with E-state index in [1.807, 2.05) is 13.0 Å². The Balaban J connectivity index is 1.53. The summed E-state index contributed by atoms with van der Waals surface area (Å²) in [5.74, 6) is 0.830. The van der Waals surface area contributed by atoms with Crippen molar-refractivity contribution in [1.82, 2.24) is 9.29 Å². The lowest BCUT2D eigenvalue weighted by atomic mass is 10.0. The Kier molecular flexibility index (Phi) is 5.83. The fourth-order valence-corrected chi connectivity index (χ4v) is 5.86. The molecule has 4 rings (SSSR count). The molecule has 6 nitrogen and oxygen atoms in total. The first kappa shape index (κ1) is 21.2. The molecule has 1 aromatic heterocycles. The number of sulfonamides is 1. The molecule has 1 N–H and O–H groups in total. The van der Waals surface area contributed by atoms with Crippen LogP contribution in [0.25, 0.3) is 0 Å². The van der Waals surface area contributed by atoms with Crippen molar-refractivity contribution in [1.29, 1.82) is 0 Å². The van der Waals surface area contributed by atoms with Crippen LogP contribution in [0.15, 0.2) is 35.4 Å². The maximum absolute atomic E-state index is 14.2.